The fraction of sp³-hybridized carbons (Fsp3) is 0.529. The van der Waals surface area contributed by atoms with Crippen LogP contribution in [0, 0.1) is 12.8 Å². The maximum Gasteiger partial charge on any atom is 0.251 e. The van der Waals surface area contributed by atoms with Gasteiger partial charge in [-0.3, -0.25) is 9.59 Å². The molecular formula is C17H26N2O2. The van der Waals surface area contributed by atoms with Crippen LogP contribution in [-0.4, -0.2) is 24.4 Å². The summed E-state index contributed by atoms with van der Waals surface area (Å²) < 4.78 is 0. The molecule has 0 aromatic heterocycles. The number of benzene rings is 1. The quantitative estimate of drug-likeness (QED) is 0.759. The second-order valence-corrected chi connectivity index (χ2v) is 5.71. The lowest BCUT2D eigenvalue weighted by Gasteiger charge is -2.21. The number of carbonyl (C=O) groups excluding carboxylic acids is 2. The number of rotatable bonds is 7. The van der Waals surface area contributed by atoms with Gasteiger partial charge in [-0.15, -0.1) is 0 Å². The third-order valence-corrected chi connectivity index (χ3v) is 3.38. The predicted octanol–water partition coefficient (Wildman–Crippen LogP) is 2.67. The molecule has 116 valence electrons. The Morgan fingerprint density at radius 3 is 2.29 bits per heavy atom. The van der Waals surface area contributed by atoms with Crippen molar-refractivity contribution in [2.45, 2.75) is 46.6 Å². The van der Waals surface area contributed by atoms with Crippen LogP contribution in [0.15, 0.2) is 24.3 Å². The third-order valence-electron chi connectivity index (χ3n) is 3.38. The van der Waals surface area contributed by atoms with Crippen molar-refractivity contribution in [2.24, 2.45) is 5.92 Å². The number of carbonyl (C=O) groups is 2. The Bertz CT molecular complexity index is 466. The molecule has 0 saturated heterocycles. The number of nitrogens with one attached hydrogen (secondary N) is 2. The van der Waals surface area contributed by atoms with Gasteiger partial charge in [0.15, 0.2) is 0 Å². The summed E-state index contributed by atoms with van der Waals surface area (Å²) in [6.45, 7) is 8.56. The molecule has 1 atom stereocenters. The van der Waals surface area contributed by atoms with Gasteiger partial charge in [-0.2, -0.15) is 0 Å². The van der Waals surface area contributed by atoms with Crippen LogP contribution in [0.3, 0.4) is 0 Å². The number of hydrogen-bond donors (Lipinski definition) is 2. The molecule has 0 unspecified atom stereocenters. The van der Waals surface area contributed by atoms with E-state index in [4.69, 9.17) is 0 Å². The van der Waals surface area contributed by atoms with Crippen LogP contribution in [0.1, 0.15) is 49.5 Å². The molecule has 0 aliphatic carbocycles. The highest BCUT2D eigenvalue weighted by atomic mass is 16.2. The zero-order valence-corrected chi connectivity index (χ0v) is 13.4. The molecule has 1 aromatic rings. The Morgan fingerprint density at radius 2 is 1.76 bits per heavy atom. The smallest absolute Gasteiger partial charge is 0.251 e. The van der Waals surface area contributed by atoms with Gasteiger partial charge in [0.2, 0.25) is 5.91 Å². The first-order valence-electron chi connectivity index (χ1n) is 7.61. The molecule has 0 spiro atoms. The highest BCUT2D eigenvalue weighted by molar-refractivity contribution is 5.97. The number of unbranched alkanes of at least 4 members (excludes halogenated alkanes) is 1. The Morgan fingerprint density at radius 1 is 1.14 bits per heavy atom. The number of amides is 2. The van der Waals surface area contributed by atoms with Crippen LogP contribution in [0.2, 0.25) is 0 Å². The van der Waals surface area contributed by atoms with Gasteiger partial charge in [-0.1, -0.05) is 44.9 Å². The number of aryl methyl sites for hydroxylation is 1. The zero-order valence-electron chi connectivity index (χ0n) is 13.4. The van der Waals surface area contributed by atoms with E-state index in [1.165, 1.54) is 0 Å². The molecule has 0 saturated carbocycles. The molecule has 0 bridgehead atoms. The number of hydrogen-bond acceptors (Lipinski definition) is 2. The van der Waals surface area contributed by atoms with E-state index in [1.807, 2.05) is 32.9 Å². The van der Waals surface area contributed by atoms with Crippen molar-refractivity contribution < 1.29 is 9.59 Å². The highest BCUT2D eigenvalue weighted by Crippen LogP contribution is 2.07. The molecule has 0 heterocycles. The second kappa shape index (κ2) is 8.45. The molecule has 2 amide bonds. The minimum atomic E-state index is -0.504. The fourth-order valence-corrected chi connectivity index (χ4v) is 1.96. The highest BCUT2D eigenvalue weighted by Gasteiger charge is 2.24. The second-order valence-electron chi connectivity index (χ2n) is 5.71. The molecular weight excluding hydrogens is 264 g/mol. The van der Waals surface area contributed by atoms with Crippen molar-refractivity contribution in [3.05, 3.63) is 35.4 Å². The molecule has 1 rings (SSSR count). The average Bonchev–Trinajstić information content (AvgIpc) is 2.45. The van der Waals surface area contributed by atoms with Crippen molar-refractivity contribution in [2.75, 3.05) is 6.54 Å². The molecule has 0 aliphatic rings. The van der Waals surface area contributed by atoms with Crippen molar-refractivity contribution in [3.8, 4) is 0 Å². The van der Waals surface area contributed by atoms with Crippen LogP contribution >= 0.6 is 0 Å². The molecule has 0 fully saturated rings. The summed E-state index contributed by atoms with van der Waals surface area (Å²) in [5.41, 5.74) is 1.68. The van der Waals surface area contributed by atoms with Gasteiger partial charge in [0, 0.05) is 12.1 Å². The lowest BCUT2D eigenvalue weighted by Crippen LogP contribution is -2.49. The summed E-state index contributed by atoms with van der Waals surface area (Å²) in [5.74, 6) is -0.278. The Balaban J connectivity index is 2.67. The van der Waals surface area contributed by atoms with Gasteiger partial charge in [0.05, 0.1) is 0 Å². The fourth-order valence-electron chi connectivity index (χ4n) is 1.96. The monoisotopic (exact) mass is 290 g/mol. The summed E-state index contributed by atoms with van der Waals surface area (Å²) in [6, 6.07) is 6.82. The normalized spacial score (nSPS) is 12.0. The van der Waals surface area contributed by atoms with Crippen molar-refractivity contribution in [3.63, 3.8) is 0 Å². The van der Waals surface area contributed by atoms with Crippen LogP contribution in [-0.2, 0) is 4.79 Å². The van der Waals surface area contributed by atoms with Gasteiger partial charge in [0.25, 0.3) is 5.91 Å². The summed E-state index contributed by atoms with van der Waals surface area (Å²) in [6.07, 6.45) is 1.98. The molecule has 0 aliphatic heterocycles. The Labute approximate surface area is 127 Å². The van der Waals surface area contributed by atoms with E-state index < -0.39 is 6.04 Å². The van der Waals surface area contributed by atoms with E-state index in [2.05, 4.69) is 17.6 Å². The van der Waals surface area contributed by atoms with E-state index in [0.29, 0.717) is 12.1 Å². The molecule has 2 N–H and O–H groups in total. The Kier molecular flexibility index (Phi) is 6.92. The zero-order chi connectivity index (χ0) is 15.8. The van der Waals surface area contributed by atoms with E-state index in [-0.39, 0.29) is 17.7 Å². The van der Waals surface area contributed by atoms with Gasteiger partial charge in [0.1, 0.15) is 6.04 Å². The van der Waals surface area contributed by atoms with Crippen LogP contribution in [0.5, 0.6) is 0 Å². The van der Waals surface area contributed by atoms with Gasteiger partial charge >= 0.3 is 0 Å². The third kappa shape index (κ3) is 5.58. The topological polar surface area (TPSA) is 58.2 Å². The minimum Gasteiger partial charge on any atom is -0.354 e. The van der Waals surface area contributed by atoms with Crippen molar-refractivity contribution >= 4 is 11.8 Å². The van der Waals surface area contributed by atoms with Crippen LogP contribution < -0.4 is 10.6 Å². The predicted molar refractivity (Wildman–Crippen MR) is 85.2 cm³/mol. The maximum absolute atomic E-state index is 12.2. The van der Waals surface area contributed by atoms with Gasteiger partial charge < -0.3 is 10.6 Å². The average molecular weight is 290 g/mol. The SMILES string of the molecule is CCCCNC(=O)[C@@H](NC(=O)c1ccc(C)cc1)C(C)C. The molecule has 21 heavy (non-hydrogen) atoms. The minimum absolute atomic E-state index is 0.0426. The molecule has 1 aromatic carbocycles. The Hall–Kier alpha value is -1.84. The summed E-state index contributed by atoms with van der Waals surface area (Å²) in [7, 11) is 0. The van der Waals surface area contributed by atoms with E-state index in [1.54, 1.807) is 12.1 Å². The molecule has 4 heteroatoms. The van der Waals surface area contributed by atoms with Crippen molar-refractivity contribution in [1.82, 2.24) is 10.6 Å². The maximum atomic E-state index is 12.2. The first-order valence-corrected chi connectivity index (χ1v) is 7.61. The largest absolute Gasteiger partial charge is 0.354 e. The summed E-state index contributed by atoms with van der Waals surface area (Å²) in [5, 5.41) is 5.71. The first kappa shape index (κ1) is 17.2. The van der Waals surface area contributed by atoms with Crippen LogP contribution in [0.4, 0.5) is 0 Å². The summed E-state index contributed by atoms with van der Waals surface area (Å²) in [4.78, 5) is 24.4. The van der Waals surface area contributed by atoms with Crippen LogP contribution in [0.25, 0.3) is 0 Å². The van der Waals surface area contributed by atoms with E-state index >= 15 is 0 Å². The van der Waals surface area contributed by atoms with Gasteiger partial charge in [-0.25, -0.2) is 0 Å². The molecule has 0 radical (unpaired) electrons. The molecule has 4 nitrogen and oxygen atoms in total. The standard InChI is InChI=1S/C17H26N2O2/c1-5-6-11-18-17(21)15(12(2)3)19-16(20)14-9-7-13(4)8-10-14/h7-10,12,15H,5-6,11H2,1-4H3,(H,18,21)(H,19,20)/t15-/m0/s1. The lowest BCUT2D eigenvalue weighted by molar-refractivity contribution is -0.123. The van der Waals surface area contributed by atoms with Gasteiger partial charge in [-0.05, 0) is 31.4 Å². The summed E-state index contributed by atoms with van der Waals surface area (Å²) >= 11 is 0. The lowest BCUT2D eigenvalue weighted by atomic mass is 10.0. The van der Waals surface area contributed by atoms with E-state index in [9.17, 15) is 9.59 Å². The van der Waals surface area contributed by atoms with Crippen molar-refractivity contribution in [1.29, 1.82) is 0 Å². The first-order chi connectivity index (χ1) is 9.95. The van der Waals surface area contributed by atoms with E-state index in [0.717, 1.165) is 18.4 Å².